The van der Waals surface area contributed by atoms with Gasteiger partial charge in [-0.05, 0) is 57.2 Å². The zero-order chi connectivity index (χ0) is 20.6. The van der Waals surface area contributed by atoms with E-state index >= 15 is 0 Å². The third-order valence-corrected chi connectivity index (χ3v) is 4.75. The van der Waals surface area contributed by atoms with Crippen molar-refractivity contribution in [3.63, 3.8) is 0 Å². The van der Waals surface area contributed by atoms with E-state index < -0.39 is 23.7 Å². The molecule has 28 heavy (non-hydrogen) atoms. The Bertz CT molecular complexity index is 629. The number of carbonyl (C=O) groups is 2. The molecule has 2 rings (SSSR count). The van der Waals surface area contributed by atoms with Crippen molar-refractivity contribution in [2.75, 3.05) is 13.7 Å². The molecule has 1 amide bonds. The molecule has 1 atom stereocenters. The van der Waals surface area contributed by atoms with Crippen molar-refractivity contribution in [3.8, 4) is 5.75 Å². The molecule has 1 unspecified atom stereocenters. The molecule has 1 aliphatic rings. The Balaban J connectivity index is 1.90. The first-order chi connectivity index (χ1) is 13.3. The van der Waals surface area contributed by atoms with Crippen LogP contribution in [-0.4, -0.2) is 37.4 Å². The summed E-state index contributed by atoms with van der Waals surface area (Å²) in [6.45, 7) is 6.06. The van der Waals surface area contributed by atoms with Crippen LogP contribution in [-0.2, 0) is 20.7 Å². The van der Waals surface area contributed by atoms with Crippen LogP contribution in [0.25, 0.3) is 0 Å². The number of hydrogen-bond donors (Lipinski definition) is 1. The molecule has 1 fully saturated rings. The fraction of sp³-hybridized carbons (Fsp3) is 0.636. The minimum atomic E-state index is -0.811. The number of esters is 1. The van der Waals surface area contributed by atoms with Gasteiger partial charge in [0.1, 0.15) is 17.4 Å². The van der Waals surface area contributed by atoms with Crippen molar-refractivity contribution < 1.29 is 23.8 Å². The van der Waals surface area contributed by atoms with Crippen LogP contribution in [0.2, 0.25) is 0 Å². The number of benzene rings is 1. The quantitative estimate of drug-likeness (QED) is 0.703. The van der Waals surface area contributed by atoms with Gasteiger partial charge in [-0.1, -0.05) is 31.4 Å². The maximum Gasteiger partial charge on any atom is 0.408 e. The van der Waals surface area contributed by atoms with E-state index in [1.807, 2.05) is 24.3 Å². The largest absolute Gasteiger partial charge is 0.493 e. The molecule has 0 radical (unpaired) electrons. The number of carbonyl (C=O) groups excluding carboxylic acids is 2. The van der Waals surface area contributed by atoms with Crippen LogP contribution < -0.4 is 10.1 Å². The van der Waals surface area contributed by atoms with E-state index in [4.69, 9.17) is 14.2 Å². The van der Waals surface area contributed by atoms with E-state index in [-0.39, 0.29) is 0 Å². The fourth-order valence-corrected chi connectivity index (χ4v) is 3.31. The standard InChI is InChI=1S/C22H33NO5/c1-22(2,3)28-21(25)23-19(20(24)26-4)14-16-10-12-18(13-11-16)27-15-17-8-6-5-7-9-17/h10-13,17,19H,5-9,14-15H2,1-4H3,(H,23,25). The third-order valence-electron chi connectivity index (χ3n) is 4.75. The van der Waals surface area contributed by atoms with Gasteiger partial charge in [0, 0.05) is 6.42 Å². The monoisotopic (exact) mass is 391 g/mol. The van der Waals surface area contributed by atoms with Crippen molar-refractivity contribution >= 4 is 12.1 Å². The Labute approximate surface area is 167 Å². The van der Waals surface area contributed by atoms with Gasteiger partial charge < -0.3 is 19.5 Å². The number of nitrogens with one attached hydrogen (secondary N) is 1. The van der Waals surface area contributed by atoms with Crippen LogP contribution in [0.1, 0.15) is 58.4 Å². The molecule has 0 aromatic heterocycles. The number of rotatable bonds is 7. The number of hydrogen-bond acceptors (Lipinski definition) is 5. The second kappa shape index (κ2) is 10.3. The summed E-state index contributed by atoms with van der Waals surface area (Å²) >= 11 is 0. The average molecular weight is 392 g/mol. The van der Waals surface area contributed by atoms with Gasteiger partial charge in [0.2, 0.25) is 0 Å². The van der Waals surface area contributed by atoms with Crippen molar-refractivity contribution in [1.82, 2.24) is 5.32 Å². The van der Waals surface area contributed by atoms with Crippen LogP contribution >= 0.6 is 0 Å². The molecule has 1 aromatic carbocycles. The van der Waals surface area contributed by atoms with Gasteiger partial charge in [0.25, 0.3) is 0 Å². The van der Waals surface area contributed by atoms with E-state index in [1.165, 1.54) is 39.2 Å². The SMILES string of the molecule is COC(=O)C(Cc1ccc(OCC2CCCCC2)cc1)NC(=O)OC(C)(C)C. The van der Waals surface area contributed by atoms with Gasteiger partial charge in [0.15, 0.2) is 0 Å². The predicted octanol–water partition coefficient (Wildman–Crippen LogP) is 4.25. The van der Waals surface area contributed by atoms with Crippen molar-refractivity contribution in [3.05, 3.63) is 29.8 Å². The van der Waals surface area contributed by atoms with Crippen molar-refractivity contribution in [1.29, 1.82) is 0 Å². The van der Waals surface area contributed by atoms with Crippen LogP contribution in [0.15, 0.2) is 24.3 Å². The smallest absolute Gasteiger partial charge is 0.408 e. The maximum atomic E-state index is 12.0. The lowest BCUT2D eigenvalue weighted by Gasteiger charge is -2.23. The van der Waals surface area contributed by atoms with Gasteiger partial charge in [-0.25, -0.2) is 9.59 Å². The lowest BCUT2D eigenvalue weighted by Crippen LogP contribution is -2.45. The topological polar surface area (TPSA) is 73.9 Å². The second-order valence-electron chi connectivity index (χ2n) is 8.39. The summed E-state index contributed by atoms with van der Waals surface area (Å²) in [7, 11) is 1.30. The summed E-state index contributed by atoms with van der Waals surface area (Å²) in [6.07, 6.45) is 6.10. The Kier molecular flexibility index (Phi) is 8.15. The highest BCUT2D eigenvalue weighted by Gasteiger charge is 2.25. The van der Waals surface area contributed by atoms with Crippen LogP contribution in [0.4, 0.5) is 4.79 Å². The molecular formula is C22H33NO5. The van der Waals surface area contributed by atoms with E-state index in [0.29, 0.717) is 12.3 Å². The van der Waals surface area contributed by atoms with E-state index in [9.17, 15) is 9.59 Å². The van der Waals surface area contributed by atoms with Crippen molar-refractivity contribution in [2.24, 2.45) is 5.92 Å². The molecule has 0 saturated heterocycles. The minimum absolute atomic E-state index is 0.314. The molecule has 156 valence electrons. The highest BCUT2D eigenvalue weighted by Crippen LogP contribution is 2.24. The summed E-state index contributed by atoms with van der Waals surface area (Å²) in [5, 5.41) is 2.59. The molecule has 1 aliphatic carbocycles. The Morgan fingerprint density at radius 1 is 1.11 bits per heavy atom. The molecule has 0 spiro atoms. The molecule has 1 aromatic rings. The first-order valence-corrected chi connectivity index (χ1v) is 10.1. The molecule has 1 N–H and O–H groups in total. The minimum Gasteiger partial charge on any atom is -0.493 e. The fourth-order valence-electron chi connectivity index (χ4n) is 3.31. The molecule has 0 heterocycles. The van der Waals surface area contributed by atoms with E-state index in [1.54, 1.807) is 20.8 Å². The van der Waals surface area contributed by atoms with Crippen LogP contribution in [0.5, 0.6) is 5.75 Å². The third kappa shape index (κ3) is 7.79. The lowest BCUT2D eigenvalue weighted by molar-refractivity contribution is -0.143. The molecular weight excluding hydrogens is 358 g/mol. The maximum absolute atomic E-state index is 12.0. The Morgan fingerprint density at radius 3 is 2.32 bits per heavy atom. The Hall–Kier alpha value is -2.24. The first kappa shape index (κ1) is 22.1. The van der Waals surface area contributed by atoms with Crippen LogP contribution in [0, 0.1) is 5.92 Å². The number of amides is 1. The highest BCUT2D eigenvalue weighted by molar-refractivity contribution is 5.81. The van der Waals surface area contributed by atoms with Gasteiger partial charge in [-0.3, -0.25) is 0 Å². The van der Waals surface area contributed by atoms with Gasteiger partial charge in [-0.15, -0.1) is 0 Å². The number of methoxy groups -OCH3 is 1. The molecule has 1 saturated carbocycles. The summed E-state index contributed by atoms with van der Waals surface area (Å²) < 4.78 is 16.0. The molecule has 0 bridgehead atoms. The zero-order valence-corrected chi connectivity index (χ0v) is 17.5. The highest BCUT2D eigenvalue weighted by atomic mass is 16.6. The lowest BCUT2D eigenvalue weighted by atomic mass is 9.90. The summed E-state index contributed by atoms with van der Waals surface area (Å²) in [5.41, 5.74) is 0.263. The average Bonchev–Trinajstić information content (AvgIpc) is 2.65. The predicted molar refractivity (Wildman–Crippen MR) is 107 cm³/mol. The van der Waals surface area contributed by atoms with Gasteiger partial charge in [-0.2, -0.15) is 0 Å². The zero-order valence-electron chi connectivity index (χ0n) is 17.5. The van der Waals surface area contributed by atoms with E-state index in [2.05, 4.69) is 5.32 Å². The second-order valence-corrected chi connectivity index (χ2v) is 8.39. The first-order valence-electron chi connectivity index (χ1n) is 10.1. The molecule has 0 aliphatic heterocycles. The summed E-state index contributed by atoms with van der Waals surface area (Å²) in [6, 6.07) is 6.81. The number of ether oxygens (including phenoxy) is 3. The molecule has 6 nitrogen and oxygen atoms in total. The van der Waals surface area contributed by atoms with Crippen LogP contribution in [0.3, 0.4) is 0 Å². The van der Waals surface area contributed by atoms with Crippen molar-refractivity contribution in [2.45, 2.75) is 70.9 Å². The van der Waals surface area contributed by atoms with Gasteiger partial charge in [0.05, 0.1) is 13.7 Å². The molecule has 6 heteroatoms. The Morgan fingerprint density at radius 2 is 1.75 bits per heavy atom. The van der Waals surface area contributed by atoms with Gasteiger partial charge >= 0.3 is 12.1 Å². The normalized spacial score (nSPS) is 16.1. The number of alkyl carbamates (subject to hydrolysis) is 1. The summed E-state index contributed by atoms with van der Waals surface area (Å²) in [5.74, 6) is 0.961. The van der Waals surface area contributed by atoms with E-state index in [0.717, 1.165) is 17.9 Å². The summed E-state index contributed by atoms with van der Waals surface area (Å²) in [4.78, 5) is 24.1.